The lowest BCUT2D eigenvalue weighted by Gasteiger charge is -2.07. The predicted molar refractivity (Wildman–Crippen MR) is 94.0 cm³/mol. The summed E-state index contributed by atoms with van der Waals surface area (Å²) in [6.45, 7) is -1.07. The SMILES string of the molecule is Cc1nn(C)c2ncc(NC(=O)/C=C/c3ccccc3OC(F)F)cc12. The van der Waals surface area contributed by atoms with Crippen molar-refractivity contribution in [3.8, 4) is 5.75 Å². The van der Waals surface area contributed by atoms with Crippen LogP contribution in [0.25, 0.3) is 17.1 Å². The van der Waals surface area contributed by atoms with Crippen LogP contribution in [-0.2, 0) is 11.8 Å². The number of amides is 1. The number of halogens is 2. The molecule has 0 fully saturated rings. The smallest absolute Gasteiger partial charge is 0.387 e. The van der Waals surface area contributed by atoms with E-state index in [1.54, 1.807) is 36.0 Å². The lowest BCUT2D eigenvalue weighted by Crippen LogP contribution is -2.08. The van der Waals surface area contributed by atoms with Crippen LogP contribution in [0.2, 0.25) is 0 Å². The lowest BCUT2D eigenvalue weighted by atomic mass is 10.2. The Kier molecular flexibility index (Phi) is 4.92. The van der Waals surface area contributed by atoms with Crippen LogP contribution in [0.3, 0.4) is 0 Å². The third kappa shape index (κ3) is 3.85. The number of hydrogen-bond donors (Lipinski definition) is 1. The van der Waals surface area contributed by atoms with E-state index in [2.05, 4.69) is 20.1 Å². The van der Waals surface area contributed by atoms with Gasteiger partial charge in [-0.15, -0.1) is 0 Å². The van der Waals surface area contributed by atoms with Crippen molar-refractivity contribution in [1.82, 2.24) is 14.8 Å². The molecule has 0 spiro atoms. The molecule has 3 rings (SSSR count). The zero-order chi connectivity index (χ0) is 18.7. The molecule has 1 N–H and O–H groups in total. The van der Waals surface area contributed by atoms with Crippen molar-refractivity contribution in [2.45, 2.75) is 13.5 Å². The van der Waals surface area contributed by atoms with Crippen molar-refractivity contribution in [1.29, 1.82) is 0 Å². The van der Waals surface area contributed by atoms with E-state index in [9.17, 15) is 13.6 Å². The highest BCUT2D eigenvalue weighted by molar-refractivity contribution is 6.02. The van der Waals surface area contributed by atoms with E-state index in [0.717, 1.165) is 11.1 Å². The average Bonchev–Trinajstić information content (AvgIpc) is 2.87. The Morgan fingerprint density at radius 1 is 1.35 bits per heavy atom. The van der Waals surface area contributed by atoms with E-state index >= 15 is 0 Å². The highest BCUT2D eigenvalue weighted by Crippen LogP contribution is 2.22. The second-order valence-electron chi connectivity index (χ2n) is 5.54. The number of para-hydroxylation sites is 1. The van der Waals surface area contributed by atoms with Crippen LogP contribution in [0.4, 0.5) is 14.5 Å². The van der Waals surface area contributed by atoms with Crippen LogP contribution in [0, 0.1) is 6.92 Å². The maximum atomic E-state index is 12.4. The van der Waals surface area contributed by atoms with E-state index in [1.165, 1.54) is 24.4 Å². The molecule has 0 radical (unpaired) electrons. The summed E-state index contributed by atoms with van der Waals surface area (Å²) in [4.78, 5) is 16.4. The van der Waals surface area contributed by atoms with E-state index in [1.807, 2.05) is 6.92 Å². The maximum Gasteiger partial charge on any atom is 0.387 e. The number of hydrogen-bond acceptors (Lipinski definition) is 4. The fourth-order valence-electron chi connectivity index (χ4n) is 2.55. The van der Waals surface area contributed by atoms with Crippen LogP contribution in [-0.4, -0.2) is 27.3 Å². The molecule has 0 atom stereocenters. The molecule has 3 aromatic rings. The quantitative estimate of drug-likeness (QED) is 0.709. The second-order valence-corrected chi connectivity index (χ2v) is 5.54. The van der Waals surface area contributed by atoms with Gasteiger partial charge < -0.3 is 10.1 Å². The van der Waals surface area contributed by atoms with E-state index in [-0.39, 0.29) is 5.75 Å². The number of fused-ring (bicyclic) bond motifs is 1. The van der Waals surface area contributed by atoms with Gasteiger partial charge in [-0.1, -0.05) is 18.2 Å². The number of aryl methyl sites for hydroxylation is 2. The minimum Gasteiger partial charge on any atom is -0.434 e. The second kappa shape index (κ2) is 7.30. The molecule has 0 aliphatic carbocycles. The number of anilines is 1. The molecule has 0 aliphatic heterocycles. The van der Waals surface area contributed by atoms with E-state index in [0.29, 0.717) is 16.9 Å². The van der Waals surface area contributed by atoms with Crippen molar-refractivity contribution in [2.24, 2.45) is 7.05 Å². The fourth-order valence-corrected chi connectivity index (χ4v) is 2.55. The van der Waals surface area contributed by atoms with Crippen LogP contribution >= 0.6 is 0 Å². The maximum absolute atomic E-state index is 12.4. The summed E-state index contributed by atoms with van der Waals surface area (Å²) in [6, 6.07) is 8.01. The van der Waals surface area contributed by atoms with Gasteiger partial charge in [0.25, 0.3) is 0 Å². The number of nitrogens with one attached hydrogen (secondary N) is 1. The molecule has 1 amide bonds. The summed E-state index contributed by atoms with van der Waals surface area (Å²) in [5.74, 6) is -0.417. The normalized spacial score (nSPS) is 11.4. The molecule has 2 aromatic heterocycles. The molecule has 26 heavy (non-hydrogen) atoms. The standard InChI is InChI=1S/C18H16F2N4O2/c1-11-14-9-13(10-21-17(14)24(2)23-11)22-16(25)8-7-12-5-3-4-6-15(12)26-18(19)20/h3-10,18H,1-2H3,(H,22,25)/b8-7+. The Bertz CT molecular complexity index is 982. The lowest BCUT2D eigenvalue weighted by molar-refractivity contribution is -0.111. The predicted octanol–water partition coefficient (Wildman–Crippen LogP) is 3.53. The average molecular weight is 358 g/mol. The Balaban J connectivity index is 1.75. The molecule has 0 bridgehead atoms. The molecule has 0 aliphatic rings. The first-order valence-electron chi connectivity index (χ1n) is 7.76. The summed E-state index contributed by atoms with van der Waals surface area (Å²) >= 11 is 0. The molecular formula is C18H16F2N4O2. The van der Waals surface area contributed by atoms with Crippen LogP contribution < -0.4 is 10.1 Å². The number of ether oxygens (including phenoxy) is 1. The van der Waals surface area contributed by atoms with Gasteiger partial charge in [-0.2, -0.15) is 13.9 Å². The van der Waals surface area contributed by atoms with E-state index < -0.39 is 12.5 Å². The Morgan fingerprint density at radius 2 is 2.12 bits per heavy atom. The van der Waals surface area contributed by atoms with Gasteiger partial charge in [-0.25, -0.2) is 4.98 Å². The highest BCUT2D eigenvalue weighted by atomic mass is 19.3. The largest absolute Gasteiger partial charge is 0.434 e. The number of carbonyl (C=O) groups excluding carboxylic acids is 1. The van der Waals surface area contributed by atoms with Gasteiger partial charge in [0, 0.05) is 24.1 Å². The first kappa shape index (κ1) is 17.5. The molecule has 1 aromatic carbocycles. The number of aromatic nitrogens is 3. The number of pyridine rings is 1. The molecule has 0 unspecified atom stereocenters. The third-order valence-corrected chi connectivity index (χ3v) is 3.68. The Morgan fingerprint density at radius 3 is 2.88 bits per heavy atom. The van der Waals surface area contributed by atoms with E-state index in [4.69, 9.17) is 0 Å². The van der Waals surface area contributed by atoms with Gasteiger partial charge in [0.05, 0.1) is 17.6 Å². The molecule has 6 nitrogen and oxygen atoms in total. The first-order chi connectivity index (χ1) is 12.4. The summed E-state index contributed by atoms with van der Waals surface area (Å²) < 4.78 is 30.9. The van der Waals surface area contributed by atoms with Gasteiger partial charge in [0.15, 0.2) is 5.65 Å². The minimum absolute atomic E-state index is 0.000575. The van der Waals surface area contributed by atoms with Gasteiger partial charge in [0.1, 0.15) is 5.75 Å². The summed E-state index contributed by atoms with van der Waals surface area (Å²) in [6.07, 6.45) is 4.19. The molecular weight excluding hydrogens is 342 g/mol. The first-order valence-corrected chi connectivity index (χ1v) is 7.76. The Labute approximate surface area is 148 Å². The Hall–Kier alpha value is -3.29. The van der Waals surface area contributed by atoms with Crippen molar-refractivity contribution in [3.63, 3.8) is 0 Å². The number of benzene rings is 1. The monoisotopic (exact) mass is 358 g/mol. The number of nitrogens with zero attached hydrogens (tertiary/aromatic N) is 3. The van der Waals surface area contributed by atoms with Crippen molar-refractivity contribution in [3.05, 3.63) is 53.9 Å². The van der Waals surface area contributed by atoms with Crippen LogP contribution in [0.1, 0.15) is 11.3 Å². The zero-order valence-corrected chi connectivity index (χ0v) is 14.1. The highest BCUT2D eigenvalue weighted by Gasteiger charge is 2.09. The van der Waals surface area contributed by atoms with Gasteiger partial charge in [-0.05, 0) is 25.1 Å². The van der Waals surface area contributed by atoms with Crippen LogP contribution in [0.15, 0.2) is 42.6 Å². The summed E-state index contributed by atoms with van der Waals surface area (Å²) in [5, 5.41) is 7.80. The molecule has 134 valence electrons. The number of carbonyl (C=O) groups is 1. The zero-order valence-electron chi connectivity index (χ0n) is 14.1. The minimum atomic E-state index is -2.93. The van der Waals surface area contributed by atoms with Crippen molar-refractivity contribution < 1.29 is 18.3 Å². The van der Waals surface area contributed by atoms with Gasteiger partial charge >= 0.3 is 6.61 Å². The van der Waals surface area contributed by atoms with Crippen molar-refractivity contribution >= 4 is 28.7 Å². The number of alkyl halides is 2. The summed E-state index contributed by atoms with van der Waals surface area (Å²) in [5.41, 5.74) is 2.41. The van der Waals surface area contributed by atoms with Gasteiger partial charge in [0.2, 0.25) is 5.91 Å². The molecule has 2 heterocycles. The molecule has 8 heteroatoms. The topological polar surface area (TPSA) is 69.0 Å². The van der Waals surface area contributed by atoms with Crippen LogP contribution in [0.5, 0.6) is 5.75 Å². The summed E-state index contributed by atoms with van der Waals surface area (Å²) in [7, 11) is 1.79. The van der Waals surface area contributed by atoms with Crippen molar-refractivity contribution in [2.75, 3.05) is 5.32 Å². The number of rotatable bonds is 5. The van der Waals surface area contributed by atoms with Gasteiger partial charge in [-0.3, -0.25) is 9.48 Å². The fraction of sp³-hybridized carbons (Fsp3) is 0.167. The third-order valence-electron chi connectivity index (χ3n) is 3.68. The molecule has 0 saturated heterocycles. The molecule has 0 saturated carbocycles.